The van der Waals surface area contributed by atoms with Gasteiger partial charge in [-0.15, -0.1) is 0 Å². The van der Waals surface area contributed by atoms with Gasteiger partial charge in [-0.1, -0.05) is 31.5 Å². The molecular weight excluding hydrogens is 542 g/mol. The number of carbonyl (C=O) groups is 1. The molecule has 0 saturated carbocycles. The number of ether oxygens (including phenoxy) is 2. The first kappa shape index (κ1) is 28.2. The third-order valence-corrected chi connectivity index (χ3v) is 6.51. The molecule has 2 N–H and O–H groups in total. The molecule has 0 fully saturated rings. The maximum atomic E-state index is 11.8. The van der Waals surface area contributed by atoms with Crippen molar-refractivity contribution in [2.75, 3.05) is 30.5 Å². The van der Waals surface area contributed by atoms with Crippen LogP contribution in [0, 0.1) is 5.92 Å². The second kappa shape index (κ2) is 12.4. The van der Waals surface area contributed by atoms with Crippen LogP contribution in [-0.2, 0) is 21.2 Å². The highest BCUT2D eigenvalue weighted by atomic mass is 35.5. The summed E-state index contributed by atoms with van der Waals surface area (Å²) in [6, 6.07) is 14.6. The number of anilines is 2. The Labute approximate surface area is 232 Å². The predicted octanol–water partition coefficient (Wildman–Crippen LogP) is 4.82. The molecule has 1 amide bonds. The summed E-state index contributed by atoms with van der Waals surface area (Å²) in [7, 11) is -3.39. The summed E-state index contributed by atoms with van der Waals surface area (Å²) in [4.78, 5) is 20.5. The lowest BCUT2D eigenvalue weighted by Crippen LogP contribution is -2.32. The van der Waals surface area contributed by atoms with E-state index in [-0.39, 0.29) is 6.54 Å². The zero-order valence-electron chi connectivity index (χ0n) is 21.8. The van der Waals surface area contributed by atoms with Gasteiger partial charge in [0.05, 0.1) is 17.1 Å². The van der Waals surface area contributed by atoms with E-state index in [4.69, 9.17) is 21.1 Å². The minimum absolute atomic E-state index is 0.244. The van der Waals surface area contributed by atoms with Crippen molar-refractivity contribution < 1.29 is 22.7 Å². The van der Waals surface area contributed by atoms with Gasteiger partial charge in [-0.2, -0.15) is 0 Å². The van der Waals surface area contributed by atoms with Crippen molar-refractivity contribution in [3.05, 3.63) is 66.1 Å². The smallest absolute Gasteiger partial charge is 0.235 e. The molecule has 2 aromatic carbocycles. The Morgan fingerprint density at radius 3 is 2.64 bits per heavy atom. The molecule has 0 radical (unpaired) electrons. The summed E-state index contributed by atoms with van der Waals surface area (Å²) in [5, 5.41) is 6.30. The van der Waals surface area contributed by atoms with Crippen LogP contribution >= 0.6 is 11.6 Å². The van der Waals surface area contributed by atoms with E-state index in [2.05, 4.69) is 34.4 Å². The van der Waals surface area contributed by atoms with Gasteiger partial charge in [-0.3, -0.25) is 4.79 Å². The number of benzene rings is 2. The molecule has 2 heterocycles. The van der Waals surface area contributed by atoms with Gasteiger partial charge in [0, 0.05) is 37.3 Å². The van der Waals surface area contributed by atoms with Gasteiger partial charge < -0.3 is 24.7 Å². The van der Waals surface area contributed by atoms with Crippen LogP contribution in [0.1, 0.15) is 13.8 Å². The number of nitrogens with one attached hydrogen (secondary N) is 2. The number of rotatable bonds is 12. The van der Waals surface area contributed by atoms with Crippen molar-refractivity contribution in [3.63, 3.8) is 0 Å². The van der Waals surface area contributed by atoms with Crippen LogP contribution in [0.4, 0.5) is 11.5 Å². The maximum Gasteiger partial charge on any atom is 0.235 e. The highest BCUT2D eigenvalue weighted by molar-refractivity contribution is 7.91. The van der Waals surface area contributed by atoms with E-state index in [1.807, 2.05) is 47.2 Å². The second-order valence-electron chi connectivity index (χ2n) is 9.44. The zero-order valence-corrected chi connectivity index (χ0v) is 23.4. The molecule has 0 unspecified atom stereocenters. The molecule has 0 atom stereocenters. The molecule has 206 valence electrons. The second-order valence-corrected chi connectivity index (χ2v) is 12.0. The van der Waals surface area contributed by atoms with Gasteiger partial charge in [-0.05, 0) is 42.3 Å². The van der Waals surface area contributed by atoms with Crippen molar-refractivity contribution in [1.29, 1.82) is 0 Å². The molecule has 0 bridgehead atoms. The Morgan fingerprint density at radius 1 is 1.10 bits per heavy atom. The number of amides is 1. The first-order valence-electron chi connectivity index (χ1n) is 12.3. The first-order valence-corrected chi connectivity index (χ1v) is 14.7. The van der Waals surface area contributed by atoms with E-state index in [0.717, 1.165) is 17.5 Å². The Kier molecular flexibility index (Phi) is 8.93. The highest BCUT2D eigenvalue weighted by Gasteiger charge is 2.13. The van der Waals surface area contributed by atoms with E-state index in [1.165, 1.54) is 6.33 Å². The maximum absolute atomic E-state index is 11.8. The molecule has 0 spiro atoms. The summed E-state index contributed by atoms with van der Waals surface area (Å²) in [6.45, 7) is 5.43. The van der Waals surface area contributed by atoms with E-state index in [1.54, 1.807) is 12.1 Å². The fraction of sp³-hybridized carbons (Fsp3) is 0.296. The average molecular weight is 572 g/mol. The van der Waals surface area contributed by atoms with Crippen molar-refractivity contribution in [3.8, 4) is 17.2 Å². The van der Waals surface area contributed by atoms with Crippen LogP contribution in [0.2, 0.25) is 5.02 Å². The minimum Gasteiger partial charge on any atom is -0.493 e. The molecule has 39 heavy (non-hydrogen) atoms. The van der Waals surface area contributed by atoms with Crippen LogP contribution in [-0.4, -0.2) is 54.0 Å². The predicted molar refractivity (Wildman–Crippen MR) is 152 cm³/mol. The number of aromatic nitrogens is 3. The Morgan fingerprint density at radius 2 is 1.90 bits per heavy atom. The standard InChI is InChI=1S/C27H30ClN5O5S/c1-18(2)15-37-20-5-4-6-21(14-20)38-24-8-7-19(13-22(24)28)32-27-26-23(30-17-31-27)9-11-33(26)12-10-29-25(34)16-39(3,35)36/h4-9,11,13-14,17-18H,10,12,15-16H2,1-3H3,(H,29,34)(H,30,31,32). The average Bonchev–Trinajstić information content (AvgIpc) is 3.28. The number of sulfone groups is 1. The molecule has 10 nitrogen and oxygen atoms in total. The lowest BCUT2D eigenvalue weighted by molar-refractivity contribution is -0.118. The Balaban J connectivity index is 1.45. The van der Waals surface area contributed by atoms with Gasteiger partial charge in [-0.25, -0.2) is 18.4 Å². The summed E-state index contributed by atoms with van der Waals surface area (Å²) in [6.07, 6.45) is 4.31. The van der Waals surface area contributed by atoms with Gasteiger partial charge in [0.15, 0.2) is 15.7 Å². The summed E-state index contributed by atoms with van der Waals surface area (Å²) < 4.78 is 36.3. The molecule has 12 heteroatoms. The van der Waals surface area contributed by atoms with Crippen molar-refractivity contribution >= 4 is 49.9 Å². The quantitative estimate of drug-likeness (QED) is 0.248. The number of carbonyl (C=O) groups excluding carboxylic acids is 1. The van der Waals surface area contributed by atoms with Crippen LogP contribution in [0.25, 0.3) is 11.0 Å². The molecule has 0 saturated heterocycles. The molecule has 2 aromatic heterocycles. The molecule has 0 aliphatic heterocycles. The molecule has 4 aromatic rings. The fourth-order valence-corrected chi connectivity index (χ4v) is 4.53. The Hall–Kier alpha value is -3.83. The van der Waals surface area contributed by atoms with Crippen LogP contribution in [0.15, 0.2) is 61.1 Å². The minimum atomic E-state index is -3.39. The molecule has 4 rings (SSSR count). The van der Waals surface area contributed by atoms with E-state index >= 15 is 0 Å². The molecule has 0 aliphatic carbocycles. The number of hydrogen-bond acceptors (Lipinski definition) is 8. The monoisotopic (exact) mass is 571 g/mol. The SMILES string of the molecule is CC(C)COc1cccc(Oc2ccc(Nc3ncnc4ccn(CCNC(=O)CS(C)(=O)=O)c34)cc2Cl)c1. The number of nitrogens with zero attached hydrogens (tertiary/aromatic N) is 3. The normalized spacial score (nSPS) is 11.5. The van der Waals surface area contributed by atoms with Crippen LogP contribution < -0.4 is 20.1 Å². The van der Waals surface area contributed by atoms with Crippen LogP contribution in [0.5, 0.6) is 17.2 Å². The number of fused-ring (bicyclic) bond motifs is 1. The van der Waals surface area contributed by atoms with E-state index in [0.29, 0.717) is 52.6 Å². The Bertz CT molecular complexity index is 1570. The van der Waals surface area contributed by atoms with Crippen molar-refractivity contribution in [2.24, 2.45) is 5.92 Å². The lowest BCUT2D eigenvalue weighted by Gasteiger charge is -2.13. The fourth-order valence-electron chi connectivity index (χ4n) is 3.73. The topological polar surface area (TPSA) is 124 Å². The third-order valence-electron chi connectivity index (χ3n) is 5.43. The third kappa shape index (κ3) is 8.08. The van der Waals surface area contributed by atoms with Crippen molar-refractivity contribution in [1.82, 2.24) is 19.9 Å². The molecular formula is C27H30ClN5O5S. The molecule has 0 aliphatic rings. The van der Waals surface area contributed by atoms with Gasteiger partial charge in [0.1, 0.15) is 34.8 Å². The van der Waals surface area contributed by atoms with Gasteiger partial charge in [0.25, 0.3) is 0 Å². The van der Waals surface area contributed by atoms with E-state index < -0.39 is 21.5 Å². The zero-order chi connectivity index (χ0) is 28.0. The largest absolute Gasteiger partial charge is 0.493 e. The summed E-state index contributed by atoms with van der Waals surface area (Å²) in [5.41, 5.74) is 2.13. The first-order chi connectivity index (χ1) is 18.6. The van der Waals surface area contributed by atoms with E-state index in [9.17, 15) is 13.2 Å². The summed E-state index contributed by atoms with van der Waals surface area (Å²) in [5.74, 6) is 1.69. The van der Waals surface area contributed by atoms with Gasteiger partial charge in [0.2, 0.25) is 5.91 Å². The summed E-state index contributed by atoms with van der Waals surface area (Å²) >= 11 is 6.54. The number of halogens is 1. The van der Waals surface area contributed by atoms with Crippen molar-refractivity contribution in [2.45, 2.75) is 20.4 Å². The van der Waals surface area contributed by atoms with Gasteiger partial charge >= 0.3 is 0 Å². The van der Waals surface area contributed by atoms with Crippen LogP contribution in [0.3, 0.4) is 0 Å². The number of hydrogen-bond donors (Lipinski definition) is 2. The highest BCUT2D eigenvalue weighted by Crippen LogP contribution is 2.34. The lowest BCUT2D eigenvalue weighted by atomic mass is 10.2.